The molecule has 1 saturated carbocycles. The van der Waals surface area contributed by atoms with E-state index in [0.717, 1.165) is 59.9 Å². The maximum Gasteiger partial charge on any atom is 0.327 e. The molecule has 0 radical (unpaired) electrons. The first-order chi connectivity index (χ1) is 13.7. The van der Waals surface area contributed by atoms with Gasteiger partial charge in [0, 0.05) is 48.8 Å². The Labute approximate surface area is 161 Å². The first kappa shape index (κ1) is 17.2. The summed E-state index contributed by atoms with van der Waals surface area (Å²) in [6.45, 7) is 0.718. The molecule has 0 aromatic carbocycles. The van der Waals surface area contributed by atoms with Gasteiger partial charge in [-0.15, -0.1) is 0 Å². The number of H-pyrrole nitrogens is 2. The Morgan fingerprint density at radius 1 is 1.11 bits per heavy atom. The Kier molecular flexibility index (Phi) is 4.24. The van der Waals surface area contributed by atoms with Crippen molar-refractivity contribution < 1.29 is 4.74 Å². The molecular formula is C21H23N5O2. The number of nitrogens with zero attached hydrogens (tertiary/aromatic N) is 3. The van der Waals surface area contributed by atoms with Gasteiger partial charge in [-0.1, -0.05) is 0 Å². The van der Waals surface area contributed by atoms with Crippen LogP contribution in [0.15, 0.2) is 41.6 Å². The molecule has 0 saturated heterocycles. The summed E-state index contributed by atoms with van der Waals surface area (Å²) in [6, 6.07) is 6.12. The van der Waals surface area contributed by atoms with Crippen molar-refractivity contribution in [3.05, 3.63) is 47.3 Å². The minimum atomic E-state index is -0.0901. The van der Waals surface area contributed by atoms with Crippen LogP contribution in [0.2, 0.25) is 0 Å². The molecule has 4 heterocycles. The zero-order valence-electron chi connectivity index (χ0n) is 15.8. The van der Waals surface area contributed by atoms with Crippen LogP contribution in [0.3, 0.4) is 0 Å². The lowest BCUT2D eigenvalue weighted by Gasteiger charge is -2.27. The van der Waals surface area contributed by atoms with Gasteiger partial charge < -0.3 is 9.72 Å². The third kappa shape index (κ3) is 3.01. The van der Waals surface area contributed by atoms with Crippen molar-refractivity contribution in [2.24, 2.45) is 5.92 Å². The van der Waals surface area contributed by atoms with Crippen molar-refractivity contribution in [1.82, 2.24) is 24.5 Å². The van der Waals surface area contributed by atoms with Crippen LogP contribution >= 0.6 is 0 Å². The van der Waals surface area contributed by atoms with Crippen LogP contribution in [0.1, 0.15) is 25.7 Å². The number of fused-ring (bicyclic) bond motifs is 2. The minimum Gasteiger partial charge on any atom is -0.381 e. The highest BCUT2D eigenvalue weighted by Crippen LogP contribution is 2.28. The lowest BCUT2D eigenvalue weighted by Crippen LogP contribution is -2.27. The number of methoxy groups -OCH3 is 1. The first-order valence-corrected chi connectivity index (χ1v) is 9.76. The number of pyridine rings is 2. The average Bonchev–Trinajstić information content (AvgIpc) is 3.32. The van der Waals surface area contributed by atoms with Crippen molar-refractivity contribution in [2.75, 3.05) is 7.11 Å². The molecule has 7 heteroatoms. The number of imidazole rings is 1. The standard InChI is InChI=1S/C21H23N5O2/c1-28-17-4-2-13(3-5-17)12-26-18-9-16(11-24-20(18)25-21(26)27)15-8-14-6-7-22-19(14)23-10-15/h6-11,13,17H,2-5,12H2,1H3,(H,22,23)(H,24,25,27)/t13-,17-. The van der Waals surface area contributed by atoms with E-state index >= 15 is 0 Å². The second-order valence-electron chi connectivity index (χ2n) is 7.65. The largest absolute Gasteiger partial charge is 0.381 e. The molecular weight excluding hydrogens is 354 g/mol. The molecule has 144 valence electrons. The molecule has 4 aromatic rings. The van der Waals surface area contributed by atoms with Gasteiger partial charge in [0.2, 0.25) is 0 Å². The number of nitrogens with one attached hydrogen (secondary N) is 2. The van der Waals surface area contributed by atoms with E-state index in [2.05, 4.69) is 26.0 Å². The highest BCUT2D eigenvalue weighted by atomic mass is 16.5. The second kappa shape index (κ2) is 6.91. The Bertz CT molecular complexity index is 1180. The van der Waals surface area contributed by atoms with Crippen LogP contribution in [-0.4, -0.2) is 37.7 Å². The Morgan fingerprint density at radius 2 is 1.86 bits per heavy atom. The summed E-state index contributed by atoms with van der Waals surface area (Å²) in [4.78, 5) is 27.5. The van der Waals surface area contributed by atoms with Gasteiger partial charge in [0.25, 0.3) is 0 Å². The Balaban J connectivity index is 1.49. The molecule has 2 N–H and O–H groups in total. The molecule has 0 unspecified atom stereocenters. The molecule has 0 bridgehead atoms. The summed E-state index contributed by atoms with van der Waals surface area (Å²) < 4.78 is 7.30. The fourth-order valence-corrected chi connectivity index (χ4v) is 4.28. The lowest BCUT2D eigenvalue weighted by atomic mass is 9.87. The predicted molar refractivity (Wildman–Crippen MR) is 108 cm³/mol. The SMILES string of the molecule is CO[C@H]1CC[C@H](Cn2c(=O)[nH]c3ncc(-c4cnc5[nH]ccc5c4)cc32)CC1. The van der Waals surface area contributed by atoms with Crippen LogP contribution < -0.4 is 5.69 Å². The number of rotatable bonds is 4. The smallest absolute Gasteiger partial charge is 0.327 e. The summed E-state index contributed by atoms with van der Waals surface area (Å²) in [5.74, 6) is 0.490. The zero-order chi connectivity index (χ0) is 19.1. The minimum absolute atomic E-state index is 0.0901. The van der Waals surface area contributed by atoms with E-state index in [-0.39, 0.29) is 5.69 Å². The molecule has 1 fully saturated rings. The van der Waals surface area contributed by atoms with Crippen LogP contribution in [-0.2, 0) is 11.3 Å². The van der Waals surface area contributed by atoms with Gasteiger partial charge in [0.15, 0.2) is 5.65 Å². The first-order valence-electron chi connectivity index (χ1n) is 9.76. The number of ether oxygens (including phenoxy) is 1. The number of hydrogen-bond donors (Lipinski definition) is 2. The summed E-state index contributed by atoms with van der Waals surface area (Å²) in [5.41, 5.74) is 4.21. The van der Waals surface area contributed by atoms with Crippen LogP contribution in [0.5, 0.6) is 0 Å². The molecule has 1 aliphatic rings. The quantitative estimate of drug-likeness (QED) is 0.570. The third-order valence-electron chi connectivity index (χ3n) is 5.93. The maximum absolute atomic E-state index is 12.5. The van der Waals surface area contributed by atoms with Crippen LogP contribution in [0.25, 0.3) is 33.3 Å². The fraction of sp³-hybridized carbons (Fsp3) is 0.381. The number of aromatic nitrogens is 5. The lowest BCUT2D eigenvalue weighted by molar-refractivity contribution is 0.0542. The molecule has 4 aromatic heterocycles. The predicted octanol–water partition coefficient (Wildman–Crippen LogP) is 3.47. The molecule has 7 nitrogen and oxygen atoms in total. The normalized spacial score (nSPS) is 20.2. The average molecular weight is 377 g/mol. The monoisotopic (exact) mass is 377 g/mol. The van der Waals surface area contributed by atoms with Gasteiger partial charge in [0.05, 0.1) is 11.6 Å². The molecule has 0 spiro atoms. The van der Waals surface area contributed by atoms with Crippen LogP contribution in [0, 0.1) is 5.92 Å². The van der Waals surface area contributed by atoms with Crippen molar-refractivity contribution in [3.8, 4) is 11.1 Å². The van der Waals surface area contributed by atoms with Crippen molar-refractivity contribution in [3.63, 3.8) is 0 Å². The molecule has 5 rings (SSSR count). The summed E-state index contributed by atoms with van der Waals surface area (Å²) in [7, 11) is 1.78. The van der Waals surface area contributed by atoms with Crippen molar-refractivity contribution >= 4 is 22.2 Å². The molecule has 0 aliphatic heterocycles. The van der Waals surface area contributed by atoms with Gasteiger partial charge >= 0.3 is 5.69 Å². The molecule has 28 heavy (non-hydrogen) atoms. The van der Waals surface area contributed by atoms with Crippen LogP contribution in [0.4, 0.5) is 0 Å². The fourth-order valence-electron chi connectivity index (χ4n) is 4.28. The van der Waals surface area contributed by atoms with Crippen molar-refractivity contribution in [2.45, 2.75) is 38.3 Å². The number of hydrogen-bond acceptors (Lipinski definition) is 4. The van der Waals surface area contributed by atoms with E-state index in [1.807, 2.05) is 29.1 Å². The third-order valence-corrected chi connectivity index (χ3v) is 5.93. The van der Waals surface area contributed by atoms with E-state index < -0.39 is 0 Å². The van der Waals surface area contributed by atoms with E-state index in [9.17, 15) is 4.79 Å². The highest BCUT2D eigenvalue weighted by Gasteiger charge is 2.22. The highest BCUT2D eigenvalue weighted by molar-refractivity contribution is 5.84. The zero-order valence-corrected chi connectivity index (χ0v) is 15.8. The second-order valence-corrected chi connectivity index (χ2v) is 7.65. The van der Waals surface area contributed by atoms with E-state index in [4.69, 9.17) is 4.74 Å². The van der Waals surface area contributed by atoms with E-state index in [1.54, 1.807) is 13.3 Å². The summed E-state index contributed by atoms with van der Waals surface area (Å²) in [6.07, 6.45) is 10.2. The van der Waals surface area contributed by atoms with Gasteiger partial charge in [-0.25, -0.2) is 14.8 Å². The van der Waals surface area contributed by atoms with E-state index in [0.29, 0.717) is 17.7 Å². The summed E-state index contributed by atoms with van der Waals surface area (Å²) in [5, 5.41) is 1.05. The molecule has 1 aliphatic carbocycles. The van der Waals surface area contributed by atoms with Gasteiger partial charge in [0.1, 0.15) is 5.65 Å². The Morgan fingerprint density at radius 3 is 2.64 bits per heavy atom. The van der Waals surface area contributed by atoms with Gasteiger partial charge in [-0.3, -0.25) is 9.55 Å². The number of aromatic amines is 2. The van der Waals surface area contributed by atoms with Gasteiger partial charge in [-0.05, 0) is 49.8 Å². The maximum atomic E-state index is 12.5. The van der Waals surface area contributed by atoms with E-state index in [1.165, 1.54) is 0 Å². The van der Waals surface area contributed by atoms with Gasteiger partial charge in [-0.2, -0.15) is 0 Å². The molecule has 0 atom stereocenters. The summed E-state index contributed by atoms with van der Waals surface area (Å²) >= 11 is 0. The van der Waals surface area contributed by atoms with Crippen molar-refractivity contribution in [1.29, 1.82) is 0 Å². The topological polar surface area (TPSA) is 88.6 Å². The Hall–Kier alpha value is -2.93. The molecule has 0 amide bonds.